The van der Waals surface area contributed by atoms with Crippen molar-refractivity contribution in [1.82, 2.24) is 4.98 Å². The van der Waals surface area contributed by atoms with Crippen LogP contribution in [0.5, 0.6) is 0 Å². The van der Waals surface area contributed by atoms with E-state index < -0.39 is 18.5 Å². The Bertz CT molecular complexity index is 766. The van der Waals surface area contributed by atoms with Crippen LogP contribution in [0.4, 0.5) is 5.82 Å². The molecular weight excluding hydrogens is 363 g/mol. The Morgan fingerprint density at radius 2 is 1.88 bits per heavy atom. The molecule has 0 aliphatic heterocycles. The van der Waals surface area contributed by atoms with Gasteiger partial charge in [-0.3, -0.25) is 9.59 Å². The van der Waals surface area contributed by atoms with E-state index in [4.69, 9.17) is 27.9 Å². The number of rotatable bonds is 6. The smallest absolute Gasteiger partial charge is 0.306 e. The largest absolute Gasteiger partial charge is 0.456 e. The van der Waals surface area contributed by atoms with Crippen LogP contribution in [0, 0.1) is 6.92 Å². The van der Waals surface area contributed by atoms with Crippen molar-refractivity contribution in [2.75, 3.05) is 11.9 Å². The number of benzene rings is 1. The van der Waals surface area contributed by atoms with Crippen molar-refractivity contribution in [2.45, 2.75) is 26.2 Å². The first-order valence-electron chi connectivity index (χ1n) is 7.70. The average molecular weight is 381 g/mol. The lowest BCUT2D eigenvalue weighted by molar-refractivity contribution is -0.147. The number of esters is 1. The molecule has 132 valence electrons. The third-order valence-corrected chi connectivity index (χ3v) is 4.24. The third kappa shape index (κ3) is 5.73. The maximum Gasteiger partial charge on any atom is 0.306 e. The highest BCUT2D eigenvalue weighted by Crippen LogP contribution is 2.25. The minimum Gasteiger partial charge on any atom is -0.456 e. The molecule has 25 heavy (non-hydrogen) atoms. The molecule has 0 bridgehead atoms. The van der Waals surface area contributed by atoms with Gasteiger partial charge in [-0.05, 0) is 24.5 Å². The molecule has 2 aromatic rings. The summed E-state index contributed by atoms with van der Waals surface area (Å²) in [7, 11) is 0. The maximum atomic E-state index is 11.9. The Kier molecular flexibility index (Phi) is 6.79. The van der Waals surface area contributed by atoms with E-state index in [1.807, 2.05) is 37.3 Å². The summed E-state index contributed by atoms with van der Waals surface area (Å²) in [5, 5.41) is 3.12. The van der Waals surface area contributed by atoms with Gasteiger partial charge in [0.15, 0.2) is 12.4 Å². The van der Waals surface area contributed by atoms with Gasteiger partial charge in [0.05, 0.1) is 22.2 Å². The van der Waals surface area contributed by atoms with Gasteiger partial charge >= 0.3 is 5.97 Å². The number of amides is 1. The molecule has 1 aromatic heterocycles. The summed E-state index contributed by atoms with van der Waals surface area (Å²) in [6, 6.07) is 11.1. The molecule has 1 amide bonds. The Morgan fingerprint density at radius 3 is 2.56 bits per heavy atom. The summed E-state index contributed by atoms with van der Waals surface area (Å²) in [5.41, 5.74) is 1.58. The molecule has 2 rings (SSSR count). The monoisotopic (exact) mass is 380 g/mol. The van der Waals surface area contributed by atoms with Crippen LogP contribution in [0.3, 0.4) is 0 Å². The van der Waals surface area contributed by atoms with E-state index >= 15 is 0 Å². The van der Waals surface area contributed by atoms with Crippen LogP contribution in [0.1, 0.15) is 30.5 Å². The van der Waals surface area contributed by atoms with Crippen molar-refractivity contribution in [3.63, 3.8) is 0 Å². The van der Waals surface area contributed by atoms with Crippen LogP contribution in [-0.4, -0.2) is 23.5 Å². The molecule has 0 saturated heterocycles. The molecule has 7 heteroatoms. The first-order valence-corrected chi connectivity index (χ1v) is 8.45. The number of aryl methyl sites for hydroxylation is 1. The molecule has 0 aliphatic rings. The van der Waals surface area contributed by atoms with Gasteiger partial charge in [-0.1, -0.05) is 60.5 Å². The lowest BCUT2D eigenvalue weighted by Gasteiger charge is -2.12. The number of anilines is 1. The number of aromatic nitrogens is 1. The number of nitrogens with one attached hydrogen (secondary N) is 1. The van der Waals surface area contributed by atoms with E-state index in [2.05, 4.69) is 10.3 Å². The van der Waals surface area contributed by atoms with Crippen LogP contribution in [0.2, 0.25) is 10.0 Å². The fraction of sp³-hybridized carbons (Fsp3) is 0.278. The van der Waals surface area contributed by atoms with E-state index in [1.54, 1.807) is 6.92 Å². The highest BCUT2D eigenvalue weighted by Gasteiger charge is 2.15. The lowest BCUT2D eigenvalue weighted by Crippen LogP contribution is -2.22. The van der Waals surface area contributed by atoms with Crippen molar-refractivity contribution in [1.29, 1.82) is 0 Å². The van der Waals surface area contributed by atoms with E-state index in [0.29, 0.717) is 10.7 Å². The highest BCUT2D eigenvalue weighted by atomic mass is 35.5. The maximum absolute atomic E-state index is 11.9. The number of nitrogens with zero attached hydrogens (tertiary/aromatic N) is 1. The Balaban J connectivity index is 1.83. The SMILES string of the molecule is Cc1nc(NC(=O)COC(=O)C[C@@H](C)c2ccccc2)c(Cl)cc1Cl. The molecule has 1 aromatic carbocycles. The average Bonchev–Trinajstić information content (AvgIpc) is 2.58. The van der Waals surface area contributed by atoms with Gasteiger partial charge in [-0.25, -0.2) is 4.98 Å². The number of halogens is 2. The molecule has 0 unspecified atom stereocenters. The highest BCUT2D eigenvalue weighted by molar-refractivity contribution is 6.36. The van der Waals surface area contributed by atoms with Gasteiger partial charge < -0.3 is 10.1 Å². The zero-order valence-electron chi connectivity index (χ0n) is 13.9. The zero-order valence-corrected chi connectivity index (χ0v) is 15.4. The standard InChI is InChI=1S/C18H18Cl2N2O3/c1-11(13-6-4-3-5-7-13)8-17(24)25-10-16(23)22-18-15(20)9-14(19)12(2)21-18/h3-7,9,11H,8,10H2,1-2H3,(H,21,22,23)/t11-/m1/s1. The van der Waals surface area contributed by atoms with Gasteiger partial charge in [-0.2, -0.15) is 0 Å². The van der Waals surface area contributed by atoms with Crippen molar-refractivity contribution in [3.05, 3.63) is 57.7 Å². The first-order chi connectivity index (χ1) is 11.9. The Morgan fingerprint density at radius 1 is 1.20 bits per heavy atom. The zero-order chi connectivity index (χ0) is 18.4. The van der Waals surface area contributed by atoms with E-state index in [-0.39, 0.29) is 23.2 Å². The molecule has 0 spiro atoms. The number of pyridine rings is 1. The molecule has 1 N–H and O–H groups in total. The van der Waals surface area contributed by atoms with Gasteiger partial charge in [0.1, 0.15) is 0 Å². The molecular formula is C18H18Cl2N2O3. The van der Waals surface area contributed by atoms with Crippen molar-refractivity contribution in [2.24, 2.45) is 0 Å². The van der Waals surface area contributed by atoms with Gasteiger partial charge in [0.25, 0.3) is 5.91 Å². The first kappa shape index (κ1) is 19.2. The predicted molar refractivity (Wildman–Crippen MR) is 98.1 cm³/mol. The number of carbonyl (C=O) groups is 2. The van der Waals surface area contributed by atoms with E-state index in [9.17, 15) is 9.59 Å². The summed E-state index contributed by atoms with van der Waals surface area (Å²) in [6.07, 6.45) is 0.191. The molecule has 1 heterocycles. The number of hydrogen-bond acceptors (Lipinski definition) is 4. The molecule has 0 aliphatic carbocycles. The lowest BCUT2D eigenvalue weighted by atomic mass is 9.98. The fourth-order valence-corrected chi connectivity index (χ4v) is 2.57. The normalized spacial score (nSPS) is 11.7. The number of carbonyl (C=O) groups excluding carboxylic acids is 2. The molecule has 0 saturated carbocycles. The summed E-state index contributed by atoms with van der Waals surface area (Å²) >= 11 is 11.9. The van der Waals surface area contributed by atoms with Crippen LogP contribution in [-0.2, 0) is 14.3 Å². The quantitative estimate of drug-likeness (QED) is 0.755. The van der Waals surface area contributed by atoms with Crippen molar-refractivity contribution >= 4 is 40.9 Å². The van der Waals surface area contributed by atoms with Crippen LogP contribution in [0.25, 0.3) is 0 Å². The molecule has 0 radical (unpaired) electrons. The summed E-state index contributed by atoms with van der Waals surface area (Å²) in [6.45, 7) is 3.22. The minimum atomic E-state index is -0.517. The summed E-state index contributed by atoms with van der Waals surface area (Å²) in [5.74, 6) is -0.774. The summed E-state index contributed by atoms with van der Waals surface area (Å²) in [4.78, 5) is 27.9. The Labute approximate surface area is 156 Å². The molecule has 0 fully saturated rings. The molecule has 5 nitrogen and oxygen atoms in total. The van der Waals surface area contributed by atoms with Crippen molar-refractivity contribution in [3.8, 4) is 0 Å². The Hall–Kier alpha value is -2.11. The van der Waals surface area contributed by atoms with Crippen LogP contribution in [0.15, 0.2) is 36.4 Å². The molecule has 1 atom stereocenters. The van der Waals surface area contributed by atoms with Gasteiger partial charge in [0, 0.05) is 0 Å². The topological polar surface area (TPSA) is 68.3 Å². The number of hydrogen-bond donors (Lipinski definition) is 1. The third-order valence-electron chi connectivity index (χ3n) is 3.57. The summed E-state index contributed by atoms with van der Waals surface area (Å²) < 4.78 is 5.01. The van der Waals surface area contributed by atoms with Crippen LogP contribution >= 0.6 is 23.2 Å². The predicted octanol–water partition coefficient (Wildman–Crippen LogP) is 4.37. The second-order valence-electron chi connectivity index (χ2n) is 5.61. The number of ether oxygens (including phenoxy) is 1. The fourth-order valence-electron chi connectivity index (χ4n) is 2.17. The van der Waals surface area contributed by atoms with Crippen LogP contribution < -0.4 is 5.32 Å². The minimum absolute atomic E-state index is 0.00628. The van der Waals surface area contributed by atoms with Crippen molar-refractivity contribution < 1.29 is 14.3 Å². The van der Waals surface area contributed by atoms with Gasteiger partial charge in [0.2, 0.25) is 0 Å². The second kappa shape index (κ2) is 8.83. The second-order valence-corrected chi connectivity index (χ2v) is 6.43. The van der Waals surface area contributed by atoms with E-state index in [0.717, 1.165) is 5.56 Å². The van der Waals surface area contributed by atoms with Gasteiger partial charge in [-0.15, -0.1) is 0 Å². The van der Waals surface area contributed by atoms with E-state index in [1.165, 1.54) is 6.07 Å².